The fourth-order valence-electron chi connectivity index (χ4n) is 1.87. The summed E-state index contributed by atoms with van der Waals surface area (Å²) >= 11 is 0. The first-order valence-electron chi connectivity index (χ1n) is 6.91. The number of hydrogen-bond donors (Lipinski definition) is 1. The number of carbonyl (C=O) groups excluding carboxylic acids is 2. The van der Waals surface area contributed by atoms with Gasteiger partial charge in [-0.25, -0.2) is 9.18 Å². The molecule has 120 valence electrons. The minimum atomic E-state index is -0.873. The Morgan fingerprint density at radius 2 is 1.87 bits per heavy atom. The number of hydrogen-bond acceptors (Lipinski definition) is 4. The number of nitrogens with one attached hydrogen (secondary N) is 1. The largest absolute Gasteiger partial charge is 0.481 e. The fraction of sp³-hybridized carbons (Fsp3) is 0.176. The zero-order chi connectivity index (χ0) is 16.8. The highest BCUT2D eigenvalue weighted by molar-refractivity contribution is 5.94. The molecule has 0 aromatic heterocycles. The normalized spacial score (nSPS) is 11.4. The van der Waals surface area contributed by atoms with Gasteiger partial charge in [-0.3, -0.25) is 4.79 Å². The summed E-state index contributed by atoms with van der Waals surface area (Å²) in [6, 6.07) is 12.1. The number of ether oxygens (including phenoxy) is 2. The lowest BCUT2D eigenvalue weighted by molar-refractivity contribution is -0.122. The molecule has 2 aromatic rings. The SMILES string of the molecule is COC(=O)c1cccc(O[C@@H](C)C(=O)Nc2ccccc2F)c1. The fourth-order valence-corrected chi connectivity index (χ4v) is 1.87. The lowest BCUT2D eigenvalue weighted by atomic mass is 10.2. The summed E-state index contributed by atoms with van der Waals surface area (Å²) in [6.07, 6.45) is -0.873. The van der Waals surface area contributed by atoms with Gasteiger partial charge in [-0.15, -0.1) is 0 Å². The van der Waals surface area contributed by atoms with Crippen LogP contribution in [0.25, 0.3) is 0 Å². The van der Waals surface area contributed by atoms with Crippen molar-refractivity contribution in [2.75, 3.05) is 12.4 Å². The molecule has 5 nitrogen and oxygen atoms in total. The Morgan fingerprint density at radius 3 is 2.57 bits per heavy atom. The second-order valence-corrected chi connectivity index (χ2v) is 4.75. The molecule has 23 heavy (non-hydrogen) atoms. The molecule has 0 aliphatic rings. The number of halogens is 1. The van der Waals surface area contributed by atoms with E-state index in [-0.39, 0.29) is 5.69 Å². The van der Waals surface area contributed by atoms with Crippen LogP contribution < -0.4 is 10.1 Å². The lowest BCUT2D eigenvalue weighted by Gasteiger charge is -2.15. The molecule has 0 heterocycles. The molecule has 2 rings (SSSR count). The highest BCUT2D eigenvalue weighted by Gasteiger charge is 2.17. The van der Waals surface area contributed by atoms with E-state index in [4.69, 9.17) is 4.74 Å². The van der Waals surface area contributed by atoms with Crippen LogP contribution >= 0.6 is 0 Å². The zero-order valence-electron chi connectivity index (χ0n) is 12.7. The minimum Gasteiger partial charge on any atom is -0.481 e. The van der Waals surface area contributed by atoms with E-state index >= 15 is 0 Å². The first kappa shape index (κ1) is 16.5. The van der Waals surface area contributed by atoms with Crippen molar-refractivity contribution in [2.24, 2.45) is 0 Å². The molecule has 6 heteroatoms. The van der Waals surface area contributed by atoms with Crippen molar-refractivity contribution >= 4 is 17.6 Å². The number of benzene rings is 2. The third kappa shape index (κ3) is 4.29. The lowest BCUT2D eigenvalue weighted by Crippen LogP contribution is -2.30. The van der Waals surface area contributed by atoms with E-state index in [0.29, 0.717) is 11.3 Å². The monoisotopic (exact) mass is 317 g/mol. The second kappa shape index (κ2) is 7.40. The first-order valence-corrected chi connectivity index (χ1v) is 6.91. The summed E-state index contributed by atoms with van der Waals surface area (Å²) in [7, 11) is 1.28. The van der Waals surface area contributed by atoms with Gasteiger partial charge < -0.3 is 14.8 Å². The van der Waals surface area contributed by atoms with Crippen LogP contribution in [0.5, 0.6) is 5.75 Å². The molecule has 2 aromatic carbocycles. The molecule has 1 N–H and O–H groups in total. The third-order valence-corrected chi connectivity index (χ3v) is 3.07. The Labute approximate surface area is 133 Å². The van der Waals surface area contributed by atoms with E-state index in [1.807, 2.05) is 0 Å². The Morgan fingerprint density at radius 1 is 1.13 bits per heavy atom. The Hall–Kier alpha value is -2.89. The smallest absolute Gasteiger partial charge is 0.337 e. The molecule has 1 amide bonds. The van der Waals surface area contributed by atoms with Crippen LogP contribution in [0.4, 0.5) is 10.1 Å². The molecule has 0 unspecified atom stereocenters. The van der Waals surface area contributed by atoms with Gasteiger partial charge in [0.2, 0.25) is 0 Å². The topological polar surface area (TPSA) is 64.6 Å². The quantitative estimate of drug-likeness (QED) is 0.861. The molecule has 1 atom stereocenters. The third-order valence-electron chi connectivity index (χ3n) is 3.07. The molecule has 0 aliphatic heterocycles. The maximum atomic E-state index is 13.5. The molecule has 0 aliphatic carbocycles. The summed E-state index contributed by atoms with van der Waals surface area (Å²) in [5, 5.41) is 2.45. The van der Waals surface area contributed by atoms with Gasteiger partial charge in [0.05, 0.1) is 18.4 Å². The molecular formula is C17H16FNO4. The molecule has 0 fully saturated rings. The van der Waals surface area contributed by atoms with E-state index in [1.54, 1.807) is 24.3 Å². The van der Waals surface area contributed by atoms with Gasteiger partial charge in [0.25, 0.3) is 5.91 Å². The summed E-state index contributed by atoms with van der Waals surface area (Å²) in [5.41, 5.74) is 0.392. The van der Waals surface area contributed by atoms with E-state index in [1.165, 1.54) is 38.3 Å². The Kier molecular flexibility index (Phi) is 5.30. The van der Waals surface area contributed by atoms with E-state index in [9.17, 15) is 14.0 Å². The predicted octanol–water partition coefficient (Wildman–Crippen LogP) is 3.02. The van der Waals surface area contributed by atoms with Crippen LogP contribution in [-0.4, -0.2) is 25.1 Å². The minimum absolute atomic E-state index is 0.0799. The van der Waals surface area contributed by atoms with E-state index in [2.05, 4.69) is 10.1 Å². The number of rotatable bonds is 5. The standard InChI is InChI=1S/C17H16FNO4/c1-11(16(20)19-15-9-4-3-8-14(15)18)23-13-7-5-6-12(10-13)17(21)22-2/h3-11H,1-2H3,(H,19,20)/t11-/m0/s1. The van der Waals surface area contributed by atoms with Gasteiger partial charge >= 0.3 is 5.97 Å². The average molecular weight is 317 g/mol. The van der Waals surface area contributed by atoms with Gasteiger partial charge in [0.1, 0.15) is 11.6 Å². The van der Waals surface area contributed by atoms with Crippen molar-refractivity contribution in [3.05, 3.63) is 59.9 Å². The molecule has 0 saturated carbocycles. The number of para-hydroxylation sites is 1. The maximum absolute atomic E-state index is 13.5. The molecule has 0 spiro atoms. The summed E-state index contributed by atoms with van der Waals surface area (Å²) < 4.78 is 23.6. The Balaban J connectivity index is 2.04. The van der Waals surface area contributed by atoms with Crippen LogP contribution in [0.15, 0.2) is 48.5 Å². The predicted molar refractivity (Wildman–Crippen MR) is 82.9 cm³/mol. The summed E-state index contributed by atoms with van der Waals surface area (Å²) in [4.78, 5) is 23.5. The van der Waals surface area contributed by atoms with Gasteiger partial charge in [-0.1, -0.05) is 18.2 Å². The summed E-state index contributed by atoms with van der Waals surface area (Å²) in [6.45, 7) is 1.53. The van der Waals surface area contributed by atoms with Crippen LogP contribution in [-0.2, 0) is 9.53 Å². The van der Waals surface area contributed by atoms with Gasteiger partial charge in [-0.05, 0) is 37.3 Å². The number of carbonyl (C=O) groups is 2. The number of anilines is 1. The van der Waals surface area contributed by atoms with Crippen molar-refractivity contribution in [3.63, 3.8) is 0 Å². The van der Waals surface area contributed by atoms with Crippen LogP contribution in [0, 0.1) is 5.82 Å². The molecule has 0 saturated heterocycles. The second-order valence-electron chi connectivity index (χ2n) is 4.75. The summed E-state index contributed by atoms with van der Waals surface area (Å²) in [5.74, 6) is -1.19. The van der Waals surface area contributed by atoms with Crippen molar-refractivity contribution in [2.45, 2.75) is 13.0 Å². The number of methoxy groups -OCH3 is 1. The van der Waals surface area contributed by atoms with Gasteiger partial charge in [0.15, 0.2) is 6.10 Å². The van der Waals surface area contributed by atoms with Crippen LogP contribution in [0.1, 0.15) is 17.3 Å². The molecule has 0 radical (unpaired) electrons. The maximum Gasteiger partial charge on any atom is 0.337 e. The van der Waals surface area contributed by atoms with E-state index < -0.39 is 23.8 Å². The first-order chi connectivity index (χ1) is 11.0. The molecule has 0 bridgehead atoms. The van der Waals surface area contributed by atoms with Crippen molar-refractivity contribution < 1.29 is 23.5 Å². The highest BCUT2D eigenvalue weighted by Crippen LogP contribution is 2.17. The average Bonchev–Trinajstić information content (AvgIpc) is 2.56. The zero-order valence-corrected chi connectivity index (χ0v) is 12.7. The van der Waals surface area contributed by atoms with E-state index in [0.717, 1.165) is 0 Å². The molecular weight excluding hydrogens is 301 g/mol. The van der Waals surface area contributed by atoms with Gasteiger partial charge in [0, 0.05) is 0 Å². The van der Waals surface area contributed by atoms with Crippen LogP contribution in [0.2, 0.25) is 0 Å². The van der Waals surface area contributed by atoms with Crippen molar-refractivity contribution in [1.82, 2.24) is 0 Å². The van der Waals surface area contributed by atoms with Crippen molar-refractivity contribution in [3.8, 4) is 5.75 Å². The highest BCUT2D eigenvalue weighted by atomic mass is 19.1. The Bertz CT molecular complexity index is 717. The number of esters is 1. The van der Waals surface area contributed by atoms with Crippen molar-refractivity contribution in [1.29, 1.82) is 0 Å². The van der Waals surface area contributed by atoms with Gasteiger partial charge in [-0.2, -0.15) is 0 Å². The van der Waals surface area contributed by atoms with Crippen LogP contribution in [0.3, 0.4) is 0 Å². The number of amides is 1.